The molecular weight excluding hydrogens is 282 g/mol. The topological polar surface area (TPSA) is 37.4 Å². The van der Waals surface area contributed by atoms with Crippen molar-refractivity contribution < 1.29 is 8.42 Å². The second kappa shape index (κ2) is 6.25. The van der Waals surface area contributed by atoms with Crippen LogP contribution in [0.15, 0.2) is 29.2 Å². The molecule has 1 heterocycles. The van der Waals surface area contributed by atoms with Gasteiger partial charge in [-0.25, -0.2) is 8.42 Å². The molecule has 0 bridgehead atoms. The minimum absolute atomic E-state index is 0.0984. The average Bonchev–Trinajstić information content (AvgIpc) is 2.40. The Morgan fingerprint density at radius 3 is 2.53 bits per heavy atom. The molecule has 0 aromatic heterocycles. The lowest BCUT2D eigenvalue weighted by molar-refractivity contribution is 0.268. The molecule has 1 saturated heterocycles. The summed E-state index contributed by atoms with van der Waals surface area (Å²) in [6.07, 6.45) is 3.78. The molecule has 1 aromatic rings. The van der Waals surface area contributed by atoms with E-state index in [1.807, 2.05) is 19.1 Å². The molecule has 5 heteroatoms. The smallest absolute Gasteiger partial charge is 0.207 e. The number of nitrogens with zero attached hydrogens (tertiary/aromatic N) is 1. The summed E-state index contributed by atoms with van der Waals surface area (Å²) in [7, 11) is -3.34. The van der Waals surface area contributed by atoms with Gasteiger partial charge in [0.25, 0.3) is 0 Å². The molecule has 106 valence electrons. The van der Waals surface area contributed by atoms with Crippen molar-refractivity contribution in [3.63, 3.8) is 0 Å². The fraction of sp³-hybridized carbons (Fsp3) is 0.571. The van der Waals surface area contributed by atoms with Crippen LogP contribution in [0.3, 0.4) is 0 Å². The van der Waals surface area contributed by atoms with E-state index in [0.717, 1.165) is 31.2 Å². The Kier molecular flexibility index (Phi) is 4.87. The molecule has 3 nitrogen and oxygen atoms in total. The molecule has 0 aliphatic carbocycles. The highest BCUT2D eigenvalue weighted by Crippen LogP contribution is 2.25. The van der Waals surface area contributed by atoms with E-state index in [9.17, 15) is 8.42 Å². The quantitative estimate of drug-likeness (QED) is 0.802. The van der Waals surface area contributed by atoms with Gasteiger partial charge < -0.3 is 0 Å². The van der Waals surface area contributed by atoms with Gasteiger partial charge in [-0.15, -0.1) is 11.6 Å². The molecule has 0 saturated carbocycles. The first-order valence-electron chi connectivity index (χ1n) is 6.72. The van der Waals surface area contributed by atoms with Gasteiger partial charge in [0.2, 0.25) is 10.0 Å². The van der Waals surface area contributed by atoms with E-state index in [1.165, 1.54) is 0 Å². The van der Waals surface area contributed by atoms with Crippen LogP contribution >= 0.6 is 11.6 Å². The van der Waals surface area contributed by atoms with E-state index < -0.39 is 10.0 Å². The number of hydrogen-bond acceptors (Lipinski definition) is 2. The summed E-state index contributed by atoms with van der Waals surface area (Å²) in [5.74, 6) is 0.551. The SMILES string of the molecule is CC1CCCCN1S(=O)(=O)c1ccc(CCCl)cc1. The third kappa shape index (κ3) is 3.30. The van der Waals surface area contributed by atoms with Crippen molar-refractivity contribution in [3.05, 3.63) is 29.8 Å². The molecule has 0 N–H and O–H groups in total. The Bertz CT molecular complexity index is 513. The van der Waals surface area contributed by atoms with E-state index in [4.69, 9.17) is 11.6 Å². The summed E-state index contributed by atoms with van der Waals surface area (Å²) >= 11 is 5.68. The highest BCUT2D eigenvalue weighted by Gasteiger charge is 2.30. The van der Waals surface area contributed by atoms with Gasteiger partial charge in [0.1, 0.15) is 0 Å². The standard InChI is InChI=1S/C14H20ClNO2S/c1-12-4-2-3-11-16(12)19(17,18)14-7-5-13(6-8-14)9-10-15/h5-8,12H,2-4,9-11H2,1H3. The van der Waals surface area contributed by atoms with Gasteiger partial charge in [-0.3, -0.25) is 0 Å². The van der Waals surface area contributed by atoms with E-state index in [0.29, 0.717) is 17.3 Å². The largest absolute Gasteiger partial charge is 0.243 e. The van der Waals surface area contributed by atoms with Crippen LogP contribution in [-0.4, -0.2) is 31.2 Å². The van der Waals surface area contributed by atoms with Crippen molar-refractivity contribution in [1.29, 1.82) is 0 Å². The Morgan fingerprint density at radius 2 is 1.95 bits per heavy atom. The summed E-state index contributed by atoms with van der Waals surface area (Å²) in [6, 6.07) is 7.19. The molecule has 0 radical (unpaired) electrons. The zero-order valence-electron chi connectivity index (χ0n) is 11.2. The van der Waals surface area contributed by atoms with E-state index in [2.05, 4.69) is 0 Å². The summed E-state index contributed by atoms with van der Waals surface area (Å²) in [5.41, 5.74) is 1.07. The minimum atomic E-state index is -3.34. The predicted molar refractivity (Wildman–Crippen MR) is 78.1 cm³/mol. The van der Waals surface area contributed by atoms with Crippen molar-refractivity contribution in [2.75, 3.05) is 12.4 Å². The lowest BCUT2D eigenvalue weighted by atomic mass is 10.1. The molecule has 1 aromatic carbocycles. The van der Waals surface area contributed by atoms with Gasteiger partial charge >= 0.3 is 0 Å². The van der Waals surface area contributed by atoms with Crippen LogP contribution in [0.25, 0.3) is 0 Å². The first kappa shape index (κ1) is 14.8. The maximum atomic E-state index is 12.6. The van der Waals surface area contributed by atoms with Gasteiger partial charge in [0.15, 0.2) is 0 Å². The molecule has 1 unspecified atom stereocenters. The number of sulfonamides is 1. The van der Waals surface area contributed by atoms with Gasteiger partial charge in [-0.05, 0) is 43.9 Å². The summed E-state index contributed by atoms with van der Waals surface area (Å²) in [4.78, 5) is 0.388. The van der Waals surface area contributed by atoms with Crippen molar-refractivity contribution in [1.82, 2.24) is 4.31 Å². The van der Waals surface area contributed by atoms with E-state index in [-0.39, 0.29) is 6.04 Å². The van der Waals surface area contributed by atoms with Crippen molar-refractivity contribution in [3.8, 4) is 0 Å². The molecule has 1 atom stereocenters. The van der Waals surface area contributed by atoms with Gasteiger partial charge in [0, 0.05) is 18.5 Å². The van der Waals surface area contributed by atoms with E-state index >= 15 is 0 Å². The number of halogens is 1. The number of aryl methyl sites for hydroxylation is 1. The fourth-order valence-electron chi connectivity index (χ4n) is 2.50. The van der Waals surface area contributed by atoms with Gasteiger partial charge in [-0.1, -0.05) is 18.6 Å². The first-order chi connectivity index (χ1) is 9.05. The third-order valence-electron chi connectivity index (χ3n) is 3.66. The second-order valence-corrected chi connectivity index (χ2v) is 7.31. The van der Waals surface area contributed by atoms with Crippen LogP contribution < -0.4 is 0 Å². The van der Waals surface area contributed by atoms with Crippen LogP contribution in [0.4, 0.5) is 0 Å². The van der Waals surface area contributed by atoms with Crippen molar-refractivity contribution in [2.45, 2.75) is 43.5 Å². The summed E-state index contributed by atoms with van der Waals surface area (Å²) in [6.45, 7) is 2.62. The number of benzene rings is 1. The highest BCUT2D eigenvalue weighted by atomic mass is 35.5. The maximum absolute atomic E-state index is 12.6. The maximum Gasteiger partial charge on any atom is 0.243 e. The molecule has 1 aliphatic rings. The van der Waals surface area contributed by atoms with Crippen LogP contribution in [0.5, 0.6) is 0 Å². The molecule has 2 rings (SSSR count). The Balaban J connectivity index is 2.23. The summed E-state index contributed by atoms with van der Waals surface area (Å²) < 4.78 is 26.8. The lowest BCUT2D eigenvalue weighted by Crippen LogP contribution is -2.41. The van der Waals surface area contributed by atoms with Gasteiger partial charge in [-0.2, -0.15) is 4.31 Å². The van der Waals surface area contributed by atoms with Crippen LogP contribution in [-0.2, 0) is 16.4 Å². The Hall–Kier alpha value is -0.580. The normalized spacial score (nSPS) is 21.5. The molecule has 19 heavy (non-hydrogen) atoms. The Labute approximate surface area is 120 Å². The molecular formula is C14H20ClNO2S. The molecule has 0 amide bonds. The third-order valence-corrected chi connectivity index (χ3v) is 5.87. The zero-order valence-corrected chi connectivity index (χ0v) is 12.8. The molecule has 1 fully saturated rings. The molecule has 1 aliphatic heterocycles. The molecule has 0 spiro atoms. The first-order valence-corrected chi connectivity index (χ1v) is 8.70. The predicted octanol–water partition coefficient (Wildman–Crippen LogP) is 3.03. The number of alkyl halides is 1. The van der Waals surface area contributed by atoms with Crippen molar-refractivity contribution >= 4 is 21.6 Å². The minimum Gasteiger partial charge on any atom is -0.207 e. The van der Waals surface area contributed by atoms with Gasteiger partial charge in [0.05, 0.1) is 4.90 Å². The van der Waals surface area contributed by atoms with Crippen LogP contribution in [0, 0.1) is 0 Å². The van der Waals surface area contributed by atoms with Crippen LogP contribution in [0.1, 0.15) is 31.7 Å². The monoisotopic (exact) mass is 301 g/mol. The average molecular weight is 302 g/mol. The second-order valence-electron chi connectivity index (χ2n) is 5.04. The summed E-state index contributed by atoms with van der Waals surface area (Å²) in [5, 5.41) is 0. The van der Waals surface area contributed by atoms with Crippen LogP contribution in [0.2, 0.25) is 0 Å². The fourth-order valence-corrected chi connectivity index (χ4v) is 4.42. The lowest BCUT2D eigenvalue weighted by Gasteiger charge is -2.32. The Morgan fingerprint density at radius 1 is 1.26 bits per heavy atom. The van der Waals surface area contributed by atoms with Crippen molar-refractivity contribution in [2.24, 2.45) is 0 Å². The zero-order chi connectivity index (χ0) is 13.9. The number of piperidine rings is 1. The highest BCUT2D eigenvalue weighted by molar-refractivity contribution is 7.89. The number of hydrogen-bond donors (Lipinski definition) is 0. The van der Waals surface area contributed by atoms with E-state index in [1.54, 1.807) is 16.4 Å². The number of rotatable bonds is 4.